The smallest absolute Gasteiger partial charge is 0.252 e. The largest absolute Gasteiger partial charge is 0.440 e. The molecule has 1 fully saturated rings. The lowest BCUT2D eigenvalue weighted by Gasteiger charge is -2.30. The van der Waals surface area contributed by atoms with E-state index >= 15 is 0 Å². The number of oxazole rings is 1. The van der Waals surface area contributed by atoms with E-state index in [2.05, 4.69) is 29.2 Å². The van der Waals surface area contributed by atoms with Gasteiger partial charge in [-0.3, -0.25) is 0 Å². The molecule has 0 spiro atoms. The monoisotopic (exact) mass is 402 g/mol. The summed E-state index contributed by atoms with van der Waals surface area (Å²) >= 11 is 1.24. The minimum Gasteiger partial charge on any atom is -0.440 e. The molecule has 142 valence electrons. The van der Waals surface area contributed by atoms with E-state index in [1.807, 2.05) is 6.07 Å². The van der Waals surface area contributed by atoms with Gasteiger partial charge in [-0.2, -0.15) is 4.31 Å². The zero-order valence-corrected chi connectivity index (χ0v) is 16.8. The highest BCUT2D eigenvalue weighted by Gasteiger charge is 2.30. The van der Waals surface area contributed by atoms with Crippen molar-refractivity contribution in [3.05, 3.63) is 60.1 Å². The van der Waals surface area contributed by atoms with Crippen LogP contribution in [0.5, 0.6) is 0 Å². The van der Waals surface area contributed by atoms with Crippen molar-refractivity contribution in [3.8, 4) is 10.6 Å². The molecule has 7 heteroatoms. The van der Waals surface area contributed by atoms with Gasteiger partial charge >= 0.3 is 0 Å². The van der Waals surface area contributed by atoms with Gasteiger partial charge in [0, 0.05) is 20.0 Å². The van der Waals surface area contributed by atoms with Gasteiger partial charge in [-0.05, 0) is 42.9 Å². The van der Waals surface area contributed by atoms with E-state index in [0.29, 0.717) is 34.9 Å². The average Bonchev–Trinajstić information content (AvgIpc) is 3.32. The van der Waals surface area contributed by atoms with Crippen LogP contribution in [0.1, 0.15) is 24.3 Å². The second-order valence-corrected chi connectivity index (χ2v) is 10.1. The average molecular weight is 403 g/mol. The van der Waals surface area contributed by atoms with Crippen LogP contribution in [0.3, 0.4) is 0 Å². The second-order valence-electron chi connectivity index (χ2n) is 6.90. The molecule has 1 saturated heterocycles. The molecule has 2 aromatic heterocycles. The molecule has 0 N–H and O–H groups in total. The lowest BCUT2D eigenvalue weighted by molar-refractivity contribution is 0.273. The number of rotatable bonds is 5. The third-order valence-electron chi connectivity index (χ3n) is 4.98. The molecule has 1 aromatic carbocycles. The Hall–Kier alpha value is -1.96. The molecular weight excluding hydrogens is 380 g/mol. The van der Waals surface area contributed by atoms with E-state index in [0.717, 1.165) is 24.1 Å². The van der Waals surface area contributed by atoms with Gasteiger partial charge in [-0.25, -0.2) is 13.4 Å². The molecule has 0 atom stereocenters. The van der Waals surface area contributed by atoms with Crippen LogP contribution in [-0.4, -0.2) is 30.8 Å². The van der Waals surface area contributed by atoms with Crippen LogP contribution >= 0.6 is 11.3 Å². The SMILES string of the molecule is Cc1ncc(-c2ccc(S(=O)(=O)N3CCC(Cc4ccccc4)CC3)s2)o1. The Labute approximate surface area is 163 Å². The molecular formula is C20H22N2O3S2. The van der Waals surface area contributed by atoms with Gasteiger partial charge in [0.25, 0.3) is 10.0 Å². The number of thiophene rings is 1. The van der Waals surface area contributed by atoms with Crippen molar-refractivity contribution in [1.29, 1.82) is 0 Å². The van der Waals surface area contributed by atoms with Crippen LogP contribution < -0.4 is 0 Å². The van der Waals surface area contributed by atoms with Crippen molar-refractivity contribution in [2.24, 2.45) is 5.92 Å². The number of benzene rings is 1. The summed E-state index contributed by atoms with van der Waals surface area (Å²) < 4.78 is 33.5. The maximum atomic E-state index is 13.0. The molecule has 0 saturated carbocycles. The first-order chi connectivity index (χ1) is 13.0. The summed E-state index contributed by atoms with van der Waals surface area (Å²) in [5.74, 6) is 1.72. The number of hydrogen-bond acceptors (Lipinski definition) is 5. The van der Waals surface area contributed by atoms with E-state index in [-0.39, 0.29) is 0 Å². The summed E-state index contributed by atoms with van der Waals surface area (Å²) in [7, 11) is -3.45. The molecule has 4 rings (SSSR count). The van der Waals surface area contributed by atoms with E-state index in [4.69, 9.17) is 4.42 Å². The van der Waals surface area contributed by atoms with E-state index in [1.165, 1.54) is 16.9 Å². The first kappa shape index (κ1) is 18.4. The van der Waals surface area contributed by atoms with Gasteiger partial charge in [0.2, 0.25) is 0 Å². The van der Waals surface area contributed by atoms with Gasteiger partial charge in [0.15, 0.2) is 11.7 Å². The van der Waals surface area contributed by atoms with Crippen LogP contribution in [0, 0.1) is 12.8 Å². The van der Waals surface area contributed by atoms with Crippen LogP contribution in [0.15, 0.2) is 57.3 Å². The standard InChI is InChI=1S/C20H22N2O3S2/c1-15-21-14-18(25-15)19-7-8-20(26-19)27(23,24)22-11-9-17(10-12-22)13-16-5-3-2-4-6-16/h2-8,14,17H,9-13H2,1H3. The van der Waals surface area contributed by atoms with Crippen molar-refractivity contribution in [3.63, 3.8) is 0 Å². The predicted molar refractivity (Wildman–Crippen MR) is 106 cm³/mol. The quantitative estimate of drug-likeness (QED) is 0.636. The Morgan fingerprint density at radius 3 is 2.56 bits per heavy atom. The fourth-order valence-electron chi connectivity index (χ4n) is 3.49. The molecule has 0 aliphatic carbocycles. The molecule has 1 aliphatic rings. The van der Waals surface area contributed by atoms with Gasteiger partial charge in [-0.1, -0.05) is 30.3 Å². The number of aryl methyl sites for hydroxylation is 1. The Morgan fingerprint density at radius 2 is 1.89 bits per heavy atom. The Balaban J connectivity index is 1.42. The molecule has 3 aromatic rings. The minimum atomic E-state index is -3.45. The molecule has 3 heterocycles. The van der Waals surface area contributed by atoms with Crippen LogP contribution in [0.2, 0.25) is 0 Å². The Kier molecular flexibility index (Phi) is 5.16. The summed E-state index contributed by atoms with van der Waals surface area (Å²) in [4.78, 5) is 4.86. The van der Waals surface area contributed by atoms with Gasteiger partial charge in [-0.15, -0.1) is 11.3 Å². The maximum Gasteiger partial charge on any atom is 0.252 e. The molecule has 5 nitrogen and oxygen atoms in total. The third kappa shape index (κ3) is 4.00. The van der Waals surface area contributed by atoms with Crippen LogP contribution in [0.25, 0.3) is 10.6 Å². The van der Waals surface area contributed by atoms with E-state index < -0.39 is 10.0 Å². The molecule has 0 unspecified atom stereocenters. The number of hydrogen-bond donors (Lipinski definition) is 0. The van der Waals surface area contributed by atoms with Crippen LogP contribution in [-0.2, 0) is 16.4 Å². The predicted octanol–water partition coefficient (Wildman–Crippen LogP) is 4.35. The highest BCUT2D eigenvalue weighted by atomic mass is 32.2. The third-order valence-corrected chi connectivity index (χ3v) is 8.45. The Bertz CT molecular complexity index is 1000. The second kappa shape index (κ2) is 7.58. The van der Waals surface area contributed by atoms with E-state index in [1.54, 1.807) is 29.6 Å². The zero-order valence-electron chi connectivity index (χ0n) is 15.2. The van der Waals surface area contributed by atoms with Crippen molar-refractivity contribution in [2.45, 2.75) is 30.4 Å². The van der Waals surface area contributed by atoms with Crippen molar-refractivity contribution in [2.75, 3.05) is 13.1 Å². The highest BCUT2D eigenvalue weighted by molar-refractivity contribution is 7.91. The zero-order chi connectivity index (χ0) is 18.9. The number of sulfonamides is 1. The topological polar surface area (TPSA) is 63.4 Å². The van der Waals surface area contributed by atoms with E-state index in [9.17, 15) is 8.42 Å². The first-order valence-corrected chi connectivity index (χ1v) is 11.3. The molecule has 27 heavy (non-hydrogen) atoms. The summed E-state index contributed by atoms with van der Waals surface area (Å²) in [6, 6.07) is 13.9. The van der Waals surface area contributed by atoms with Crippen LogP contribution in [0.4, 0.5) is 0 Å². The van der Waals surface area contributed by atoms with Crippen molar-refractivity contribution < 1.29 is 12.8 Å². The molecule has 0 radical (unpaired) electrons. The molecule has 0 bridgehead atoms. The summed E-state index contributed by atoms with van der Waals surface area (Å²) in [6.45, 7) is 2.93. The number of nitrogens with zero attached hydrogens (tertiary/aromatic N) is 2. The lowest BCUT2D eigenvalue weighted by Crippen LogP contribution is -2.38. The maximum absolute atomic E-state index is 13.0. The lowest BCUT2D eigenvalue weighted by atomic mass is 9.91. The molecule has 0 amide bonds. The molecule has 1 aliphatic heterocycles. The fourth-order valence-corrected chi connectivity index (χ4v) is 6.37. The van der Waals surface area contributed by atoms with Crippen molar-refractivity contribution >= 4 is 21.4 Å². The Morgan fingerprint density at radius 1 is 1.15 bits per heavy atom. The summed E-state index contributed by atoms with van der Waals surface area (Å²) in [6.07, 6.45) is 4.44. The summed E-state index contributed by atoms with van der Waals surface area (Å²) in [5, 5.41) is 0. The number of piperidine rings is 1. The van der Waals surface area contributed by atoms with Crippen molar-refractivity contribution in [1.82, 2.24) is 9.29 Å². The normalized spacial score (nSPS) is 16.6. The van der Waals surface area contributed by atoms with Gasteiger partial charge in [0.1, 0.15) is 4.21 Å². The summed E-state index contributed by atoms with van der Waals surface area (Å²) in [5.41, 5.74) is 1.32. The highest BCUT2D eigenvalue weighted by Crippen LogP contribution is 2.34. The fraction of sp³-hybridized carbons (Fsp3) is 0.350. The van der Waals surface area contributed by atoms with Gasteiger partial charge < -0.3 is 4.42 Å². The van der Waals surface area contributed by atoms with Gasteiger partial charge in [0.05, 0.1) is 11.1 Å². The number of aromatic nitrogens is 1. The first-order valence-electron chi connectivity index (χ1n) is 9.09. The minimum absolute atomic E-state index is 0.369.